The van der Waals surface area contributed by atoms with Crippen molar-refractivity contribution in [2.24, 2.45) is 0 Å². The Labute approximate surface area is 165 Å². The summed E-state index contributed by atoms with van der Waals surface area (Å²) >= 11 is 0. The van der Waals surface area contributed by atoms with Gasteiger partial charge in [-0.2, -0.15) is 13.2 Å². The summed E-state index contributed by atoms with van der Waals surface area (Å²) < 4.78 is 44.3. The number of anilines is 2. The first-order valence-corrected chi connectivity index (χ1v) is 9.18. The number of piperidine rings is 1. The molecule has 0 spiro atoms. The van der Waals surface area contributed by atoms with Crippen LogP contribution in [0.15, 0.2) is 42.7 Å². The van der Waals surface area contributed by atoms with Crippen molar-refractivity contribution in [3.8, 4) is 0 Å². The van der Waals surface area contributed by atoms with Crippen LogP contribution in [0.1, 0.15) is 35.2 Å². The van der Waals surface area contributed by atoms with Gasteiger partial charge in [0.1, 0.15) is 0 Å². The van der Waals surface area contributed by atoms with Crippen molar-refractivity contribution in [3.63, 3.8) is 0 Å². The summed E-state index contributed by atoms with van der Waals surface area (Å²) in [6, 6.07) is 6.30. The number of halogens is 3. The van der Waals surface area contributed by atoms with Crippen molar-refractivity contribution in [1.82, 2.24) is 4.98 Å². The summed E-state index contributed by atoms with van der Waals surface area (Å²) in [5, 5.41) is 2.45. The highest BCUT2D eigenvalue weighted by Crippen LogP contribution is 2.36. The van der Waals surface area contributed by atoms with Gasteiger partial charge in [-0.15, -0.1) is 0 Å². The lowest BCUT2D eigenvalue weighted by molar-refractivity contribution is -0.137. The number of nitrogens with one attached hydrogen (secondary N) is 1. The Kier molecular flexibility index (Phi) is 6.36. The van der Waals surface area contributed by atoms with Crippen molar-refractivity contribution >= 4 is 23.3 Å². The lowest BCUT2D eigenvalue weighted by atomic mass is 10.1. The second kappa shape index (κ2) is 8.93. The van der Waals surface area contributed by atoms with Gasteiger partial charge in [-0.25, -0.2) is 4.79 Å². The minimum atomic E-state index is -4.54. The number of amides is 1. The zero-order valence-corrected chi connectivity index (χ0v) is 15.5. The van der Waals surface area contributed by atoms with Gasteiger partial charge >= 0.3 is 12.1 Å². The Morgan fingerprint density at radius 2 is 1.90 bits per heavy atom. The molecule has 0 aliphatic carbocycles. The highest BCUT2D eigenvalue weighted by atomic mass is 19.4. The molecule has 6 nitrogen and oxygen atoms in total. The van der Waals surface area contributed by atoms with E-state index in [9.17, 15) is 22.8 Å². The van der Waals surface area contributed by atoms with E-state index in [-0.39, 0.29) is 11.3 Å². The number of pyridine rings is 1. The minimum absolute atomic E-state index is 0.0455. The van der Waals surface area contributed by atoms with E-state index in [1.807, 2.05) is 4.90 Å². The molecule has 1 fully saturated rings. The number of hydrogen-bond acceptors (Lipinski definition) is 5. The summed E-state index contributed by atoms with van der Waals surface area (Å²) in [6.07, 6.45) is 1.16. The van der Waals surface area contributed by atoms with Crippen molar-refractivity contribution in [2.45, 2.75) is 25.4 Å². The van der Waals surface area contributed by atoms with Gasteiger partial charge < -0.3 is 15.0 Å². The first kappa shape index (κ1) is 20.6. The van der Waals surface area contributed by atoms with Gasteiger partial charge in [-0.05, 0) is 49.6 Å². The van der Waals surface area contributed by atoms with Gasteiger partial charge in [0, 0.05) is 25.5 Å². The van der Waals surface area contributed by atoms with E-state index < -0.39 is 30.2 Å². The van der Waals surface area contributed by atoms with E-state index in [1.54, 1.807) is 6.07 Å². The van der Waals surface area contributed by atoms with Crippen LogP contribution in [0.5, 0.6) is 0 Å². The molecule has 0 saturated carbocycles. The molecular weight excluding hydrogens is 387 g/mol. The first-order chi connectivity index (χ1) is 13.8. The van der Waals surface area contributed by atoms with Crippen LogP contribution in [0.25, 0.3) is 0 Å². The zero-order chi connectivity index (χ0) is 20.9. The van der Waals surface area contributed by atoms with Crippen molar-refractivity contribution in [3.05, 3.63) is 53.9 Å². The standard InChI is InChI=1S/C20H20F3N3O3/c21-20(22,23)15-6-7-17(26-9-2-1-3-10-26)16(11-15)25-18(27)13-29-19(28)14-5-4-8-24-12-14/h4-8,11-12H,1-3,9-10,13H2,(H,25,27). The second-order valence-electron chi connectivity index (χ2n) is 6.64. The Balaban J connectivity index is 1.73. The van der Waals surface area contributed by atoms with Crippen molar-refractivity contribution in [2.75, 3.05) is 29.9 Å². The number of rotatable bonds is 5. The van der Waals surface area contributed by atoms with Crippen LogP contribution >= 0.6 is 0 Å². The fourth-order valence-corrected chi connectivity index (χ4v) is 3.11. The van der Waals surface area contributed by atoms with Crippen molar-refractivity contribution < 1.29 is 27.5 Å². The highest BCUT2D eigenvalue weighted by molar-refractivity contribution is 5.97. The van der Waals surface area contributed by atoms with Gasteiger partial charge in [-0.3, -0.25) is 9.78 Å². The molecule has 1 saturated heterocycles. The SMILES string of the molecule is O=C(COC(=O)c1cccnc1)Nc1cc(C(F)(F)F)ccc1N1CCCCC1. The van der Waals surface area contributed by atoms with Crippen molar-refractivity contribution in [1.29, 1.82) is 0 Å². The van der Waals surface area contributed by atoms with E-state index in [2.05, 4.69) is 10.3 Å². The second-order valence-corrected chi connectivity index (χ2v) is 6.64. The number of alkyl halides is 3. The predicted molar refractivity (Wildman–Crippen MR) is 101 cm³/mol. The fraction of sp³-hybridized carbons (Fsp3) is 0.350. The summed E-state index contributed by atoms with van der Waals surface area (Å²) in [4.78, 5) is 29.9. The topological polar surface area (TPSA) is 71.5 Å². The summed E-state index contributed by atoms with van der Waals surface area (Å²) in [7, 11) is 0. The monoisotopic (exact) mass is 407 g/mol. The van der Waals surface area contributed by atoms with Crippen LogP contribution in [-0.4, -0.2) is 36.6 Å². The molecule has 1 N–H and O–H groups in total. The van der Waals surface area contributed by atoms with Crippen LogP contribution in [-0.2, 0) is 15.7 Å². The minimum Gasteiger partial charge on any atom is -0.452 e. The number of carbonyl (C=O) groups excluding carboxylic acids is 2. The number of esters is 1. The number of hydrogen-bond donors (Lipinski definition) is 1. The van der Waals surface area contributed by atoms with E-state index in [4.69, 9.17) is 4.74 Å². The summed E-state index contributed by atoms with van der Waals surface area (Å²) in [6.45, 7) is 0.776. The molecule has 1 aliphatic heterocycles. The molecule has 1 aromatic carbocycles. The fourth-order valence-electron chi connectivity index (χ4n) is 3.11. The smallest absolute Gasteiger partial charge is 0.416 e. The largest absolute Gasteiger partial charge is 0.452 e. The third-order valence-electron chi connectivity index (χ3n) is 4.53. The third-order valence-corrected chi connectivity index (χ3v) is 4.53. The van der Waals surface area contributed by atoms with Gasteiger partial charge in [0.05, 0.1) is 22.5 Å². The maximum absolute atomic E-state index is 13.1. The lowest BCUT2D eigenvalue weighted by Gasteiger charge is -2.31. The number of nitrogens with zero attached hydrogens (tertiary/aromatic N) is 2. The molecular formula is C20H20F3N3O3. The van der Waals surface area contributed by atoms with Gasteiger partial charge in [0.15, 0.2) is 6.61 Å². The van der Waals surface area contributed by atoms with Crippen LogP contribution in [0.3, 0.4) is 0 Å². The van der Waals surface area contributed by atoms with E-state index in [1.165, 1.54) is 24.5 Å². The predicted octanol–water partition coefficient (Wildman–Crippen LogP) is 3.89. The Hall–Kier alpha value is -3.10. The average Bonchev–Trinajstić information content (AvgIpc) is 2.72. The van der Waals surface area contributed by atoms with Crippen LogP contribution in [0.2, 0.25) is 0 Å². The van der Waals surface area contributed by atoms with Crippen LogP contribution < -0.4 is 10.2 Å². The molecule has 9 heteroatoms. The molecule has 0 atom stereocenters. The molecule has 3 rings (SSSR count). The summed E-state index contributed by atoms with van der Waals surface area (Å²) in [5.41, 5.74) is -0.122. The normalized spacial score (nSPS) is 14.4. The van der Waals surface area contributed by atoms with Crippen LogP contribution in [0, 0.1) is 0 Å². The Bertz CT molecular complexity index is 866. The highest BCUT2D eigenvalue weighted by Gasteiger charge is 2.32. The van der Waals surface area contributed by atoms with E-state index in [0.717, 1.165) is 31.4 Å². The molecule has 1 amide bonds. The average molecular weight is 407 g/mol. The maximum atomic E-state index is 13.1. The number of ether oxygens (including phenoxy) is 1. The van der Waals surface area contributed by atoms with Gasteiger partial charge in [0.2, 0.25) is 0 Å². The number of benzene rings is 1. The molecule has 1 aliphatic rings. The zero-order valence-electron chi connectivity index (χ0n) is 15.5. The first-order valence-electron chi connectivity index (χ1n) is 9.18. The lowest BCUT2D eigenvalue weighted by Crippen LogP contribution is -2.31. The molecule has 2 aromatic rings. The Morgan fingerprint density at radius 1 is 1.14 bits per heavy atom. The number of aromatic nitrogens is 1. The Morgan fingerprint density at radius 3 is 2.55 bits per heavy atom. The number of carbonyl (C=O) groups is 2. The van der Waals surface area contributed by atoms with Gasteiger partial charge in [-0.1, -0.05) is 0 Å². The molecule has 29 heavy (non-hydrogen) atoms. The quantitative estimate of drug-likeness (QED) is 0.762. The molecule has 2 heterocycles. The maximum Gasteiger partial charge on any atom is 0.416 e. The van der Waals surface area contributed by atoms with Crippen LogP contribution in [0.4, 0.5) is 24.5 Å². The van der Waals surface area contributed by atoms with Gasteiger partial charge in [0.25, 0.3) is 5.91 Å². The molecule has 0 bridgehead atoms. The molecule has 154 valence electrons. The van der Waals surface area contributed by atoms with E-state index >= 15 is 0 Å². The summed E-state index contributed by atoms with van der Waals surface area (Å²) in [5.74, 6) is -1.46. The molecule has 0 unspecified atom stereocenters. The van der Waals surface area contributed by atoms with E-state index in [0.29, 0.717) is 18.8 Å². The molecule has 0 radical (unpaired) electrons. The third kappa shape index (κ3) is 5.46. The molecule has 1 aromatic heterocycles.